The second-order valence-electron chi connectivity index (χ2n) is 6.02. The van der Waals surface area contributed by atoms with Crippen molar-refractivity contribution < 1.29 is 14.3 Å². The predicted molar refractivity (Wildman–Crippen MR) is 83.8 cm³/mol. The van der Waals surface area contributed by atoms with Crippen molar-refractivity contribution in [3.63, 3.8) is 0 Å². The van der Waals surface area contributed by atoms with Crippen molar-refractivity contribution in [2.75, 3.05) is 14.2 Å². The zero-order valence-corrected chi connectivity index (χ0v) is 13.3. The number of ether oxygens (including phenoxy) is 2. The summed E-state index contributed by atoms with van der Waals surface area (Å²) in [7, 11) is 3.05. The van der Waals surface area contributed by atoms with E-state index in [2.05, 4.69) is 17.6 Å². The van der Waals surface area contributed by atoms with Crippen LogP contribution in [0.25, 0.3) is 0 Å². The van der Waals surface area contributed by atoms with Crippen LogP contribution in [0.1, 0.15) is 31.0 Å². The Hall–Kier alpha value is -2.10. The van der Waals surface area contributed by atoms with Gasteiger partial charge in [0.05, 0.1) is 14.2 Å². The van der Waals surface area contributed by atoms with E-state index in [0.29, 0.717) is 12.3 Å². The van der Waals surface area contributed by atoms with Gasteiger partial charge in [-0.25, -0.2) is 4.98 Å². The van der Waals surface area contributed by atoms with Crippen LogP contribution in [0.2, 0.25) is 0 Å². The van der Waals surface area contributed by atoms with Crippen molar-refractivity contribution >= 4 is 5.97 Å². The lowest BCUT2D eigenvalue weighted by Crippen LogP contribution is -2.48. The standard InChI is InChI=1S/C18H21NO3/c1-5-13-12-8-11(2)10-18(13,17(20)22-4)14-6-7-16(21-3)19-15(14)9-12/h5-7,12H,2,8-10H2,1,3-4H3/b13-5+/t12-,18+/m1/s1. The number of hydrogen-bond acceptors (Lipinski definition) is 4. The molecule has 0 amide bonds. The highest BCUT2D eigenvalue weighted by Gasteiger charge is 2.54. The molecule has 4 heteroatoms. The van der Waals surface area contributed by atoms with Crippen LogP contribution in [-0.2, 0) is 21.4 Å². The lowest BCUT2D eigenvalue weighted by Gasteiger charge is -2.47. The molecule has 0 radical (unpaired) electrons. The van der Waals surface area contributed by atoms with E-state index in [0.717, 1.165) is 35.2 Å². The second-order valence-corrected chi connectivity index (χ2v) is 6.02. The number of pyridine rings is 1. The molecule has 2 aliphatic rings. The first kappa shape index (κ1) is 14.8. The number of rotatable bonds is 2. The topological polar surface area (TPSA) is 48.4 Å². The first-order valence-electron chi connectivity index (χ1n) is 7.53. The first-order chi connectivity index (χ1) is 10.6. The molecular weight excluding hydrogens is 278 g/mol. The van der Waals surface area contributed by atoms with Gasteiger partial charge >= 0.3 is 5.97 Å². The maximum Gasteiger partial charge on any atom is 0.320 e. The van der Waals surface area contributed by atoms with E-state index >= 15 is 0 Å². The molecule has 1 aromatic rings. The molecule has 4 nitrogen and oxygen atoms in total. The van der Waals surface area contributed by atoms with Gasteiger partial charge in [-0.3, -0.25) is 4.79 Å². The number of aromatic nitrogens is 1. The summed E-state index contributed by atoms with van der Waals surface area (Å²) in [6.45, 7) is 6.15. The van der Waals surface area contributed by atoms with E-state index in [9.17, 15) is 4.79 Å². The summed E-state index contributed by atoms with van der Waals surface area (Å²) < 4.78 is 10.4. The van der Waals surface area contributed by atoms with Crippen molar-refractivity contribution in [3.8, 4) is 5.88 Å². The molecule has 3 rings (SSSR count). The molecule has 2 bridgehead atoms. The van der Waals surface area contributed by atoms with Gasteiger partial charge in [0, 0.05) is 11.8 Å². The minimum atomic E-state index is -0.768. The van der Waals surface area contributed by atoms with Gasteiger partial charge in [-0.1, -0.05) is 24.3 Å². The molecule has 0 aromatic carbocycles. The third-order valence-electron chi connectivity index (χ3n) is 4.89. The van der Waals surface area contributed by atoms with Crippen LogP contribution in [-0.4, -0.2) is 25.2 Å². The molecule has 0 saturated heterocycles. The number of methoxy groups -OCH3 is 2. The maximum atomic E-state index is 12.8. The molecule has 0 unspecified atom stereocenters. The van der Waals surface area contributed by atoms with Gasteiger partial charge in [0.1, 0.15) is 5.41 Å². The third kappa shape index (κ3) is 1.90. The van der Waals surface area contributed by atoms with E-state index in [1.807, 2.05) is 19.1 Å². The maximum absolute atomic E-state index is 12.8. The van der Waals surface area contributed by atoms with Crippen LogP contribution in [0.4, 0.5) is 0 Å². The summed E-state index contributed by atoms with van der Waals surface area (Å²) in [6.07, 6.45) is 4.37. The number of esters is 1. The van der Waals surface area contributed by atoms with Gasteiger partial charge in [0.15, 0.2) is 0 Å². The van der Waals surface area contributed by atoms with Gasteiger partial charge in [0.25, 0.3) is 0 Å². The number of hydrogen-bond donors (Lipinski definition) is 0. The molecule has 1 aromatic heterocycles. The van der Waals surface area contributed by atoms with E-state index in [1.54, 1.807) is 7.11 Å². The van der Waals surface area contributed by atoms with E-state index in [-0.39, 0.29) is 11.9 Å². The average Bonchev–Trinajstić information content (AvgIpc) is 2.52. The zero-order chi connectivity index (χ0) is 15.9. The Balaban J connectivity index is 2.28. The van der Waals surface area contributed by atoms with Crippen LogP contribution in [0.3, 0.4) is 0 Å². The van der Waals surface area contributed by atoms with Crippen molar-refractivity contribution in [2.45, 2.75) is 31.6 Å². The Morgan fingerprint density at radius 2 is 2.18 bits per heavy atom. The van der Waals surface area contributed by atoms with Crippen molar-refractivity contribution in [3.05, 3.63) is 47.2 Å². The lowest BCUT2D eigenvalue weighted by molar-refractivity contribution is -0.147. The van der Waals surface area contributed by atoms with Gasteiger partial charge in [-0.2, -0.15) is 0 Å². The minimum absolute atomic E-state index is 0.223. The Labute approximate surface area is 130 Å². The van der Waals surface area contributed by atoms with Crippen molar-refractivity contribution in [2.24, 2.45) is 5.92 Å². The zero-order valence-electron chi connectivity index (χ0n) is 13.3. The second kappa shape index (κ2) is 5.27. The third-order valence-corrected chi connectivity index (χ3v) is 4.89. The molecule has 1 heterocycles. The molecule has 22 heavy (non-hydrogen) atoms. The van der Waals surface area contributed by atoms with Crippen molar-refractivity contribution in [1.82, 2.24) is 4.98 Å². The number of carbonyl (C=O) groups is 1. The highest BCUT2D eigenvalue weighted by atomic mass is 16.5. The average molecular weight is 299 g/mol. The molecule has 2 atom stereocenters. The summed E-state index contributed by atoms with van der Waals surface area (Å²) >= 11 is 0. The Kier molecular flexibility index (Phi) is 3.55. The molecule has 0 spiro atoms. The van der Waals surface area contributed by atoms with Crippen LogP contribution >= 0.6 is 0 Å². The van der Waals surface area contributed by atoms with E-state index < -0.39 is 5.41 Å². The Morgan fingerprint density at radius 3 is 2.82 bits per heavy atom. The lowest BCUT2D eigenvalue weighted by atomic mass is 9.56. The first-order valence-corrected chi connectivity index (χ1v) is 7.53. The smallest absolute Gasteiger partial charge is 0.320 e. The van der Waals surface area contributed by atoms with Crippen LogP contribution in [0.15, 0.2) is 35.9 Å². The van der Waals surface area contributed by atoms with Gasteiger partial charge in [-0.05, 0) is 43.2 Å². The fourth-order valence-corrected chi connectivity index (χ4v) is 4.12. The van der Waals surface area contributed by atoms with Gasteiger partial charge < -0.3 is 9.47 Å². The summed E-state index contributed by atoms with van der Waals surface area (Å²) in [6, 6.07) is 3.77. The van der Waals surface area contributed by atoms with Gasteiger partial charge in [-0.15, -0.1) is 0 Å². The molecule has 2 aliphatic carbocycles. The molecule has 0 N–H and O–H groups in total. The quantitative estimate of drug-likeness (QED) is 0.622. The number of carbonyl (C=O) groups excluding carboxylic acids is 1. The molecule has 116 valence electrons. The minimum Gasteiger partial charge on any atom is -0.481 e. The van der Waals surface area contributed by atoms with E-state index in [4.69, 9.17) is 9.47 Å². The fourth-order valence-electron chi connectivity index (χ4n) is 4.12. The molecule has 0 aliphatic heterocycles. The highest BCUT2D eigenvalue weighted by Crippen LogP contribution is 2.54. The molecule has 1 fully saturated rings. The summed E-state index contributed by atoms with van der Waals surface area (Å²) in [5.41, 5.74) is 3.35. The summed E-state index contributed by atoms with van der Waals surface area (Å²) in [5.74, 6) is 0.622. The summed E-state index contributed by atoms with van der Waals surface area (Å²) in [5, 5.41) is 0. The largest absolute Gasteiger partial charge is 0.481 e. The normalized spacial score (nSPS) is 28.2. The van der Waals surface area contributed by atoms with E-state index in [1.165, 1.54) is 7.11 Å². The highest BCUT2D eigenvalue weighted by molar-refractivity contribution is 5.89. The Morgan fingerprint density at radius 1 is 1.41 bits per heavy atom. The predicted octanol–water partition coefficient (Wildman–Crippen LogP) is 2.97. The van der Waals surface area contributed by atoms with Crippen molar-refractivity contribution in [1.29, 1.82) is 0 Å². The number of nitrogens with zero attached hydrogens (tertiary/aromatic N) is 1. The molecular formula is C18H21NO3. The fraction of sp³-hybridized carbons (Fsp3) is 0.444. The van der Waals surface area contributed by atoms with Gasteiger partial charge in [0.2, 0.25) is 5.88 Å². The van der Waals surface area contributed by atoms with Crippen LogP contribution in [0, 0.1) is 5.92 Å². The summed E-state index contributed by atoms with van der Waals surface area (Å²) in [4.78, 5) is 17.4. The number of fused-ring (bicyclic) bond motifs is 4. The molecule has 1 saturated carbocycles. The Bertz CT molecular complexity index is 677. The number of allylic oxidation sites excluding steroid dienone is 2. The van der Waals surface area contributed by atoms with Crippen LogP contribution < -0.4 is 4.74 Å². The monoisotopic (exact) mass is 299 g/mol. The van der Waals surface area contributed by atoms with Crippen LogP contribution in [0.5, 0.6) is 5.88 Å². The SMILES string of the molecule is C=C1C[C@@H]2Cc3nc(OC)ccc3[C@](C(=O)OC)(C1)/C2=C/C.